The number of ether oxygens (including phenoxy) is 1. The van der Waals surface area contributed by atoms with Gasteiger partial charge in [0, 0.05) is 72.1 Å². The van der Waals surface area contributed by atoms with E-state index >= 15 is 0 Å². The van der Waals surface area contributed by atoms with Crippen molar-refractivity contribution in [2.75, 3.05) is 43.1 Å². The van der Waals surface area contributed by atoms with E-state index in [4.69, 9.17) is 34.4 Å². The van der Waals surface area contributed by atoms with Gasteiger partial charge in [0.05, 0.1) is 7.11 Å². The predicted octanol–water partition coefficient (Wildman–Crippen LogP) is 6.01. The van der Waals surface area contributed by atoms with Crippen molar-refractivity contribution in [3.8, 4) is 5.75 Å². The number of para-hydroxylation sites is 1. The summed E-state index contributed by atoms with van der Waals surface area (Å²) >= 11 is 3.57. The van der Waals surface area contributed by atoms with Gasteiger partial charge in [-0.3, -0.25) is 9.78 Å². The minimum atomic E-state index is -5.08. The molecule has 1 fully saturated rings. The molecule has 12 nitrogen and oxygen atoms in total. The molecular weight excluding hydrogens is 795 g/mol. The first-order valence-corrected chi connectivity index (χ1v) is 14.8. The number of hydrogen-bond donors (Lipinski definition) is 4. The maximum Gasteiger partial charge on any atom is 0.490 e. The number of anilines is 2. The van der Waals surface area contributed by atoms with E-state index in [1.54, 1.807) is 7.11 Å². The highest BCUT2D eigenvalue weighted by molar-refractivity contribution is 9.10. The van der Waals surface area contributed by atoms with Crippen LogP contribution in [0.3, 0.4) is 0 Å². The third kappa shape index (κ3) is 16.2. The first kappa shape index (κ1) is 44.7. The van der Waals surface area contributed by atoms with Crippen molar-refractivity contribution < 1.29 is 78.7 Å². The lowest BCUT2D eigenvalue weighted by Crippen LogP contribution is -2.46. The number of carbonyl (C=O) groups excluding carboxylic acids is 1. The first-order valence-electron chi connectivity index (χ1n) is 14.0. The van der Waals surface area contributed by atoms with Crippen molar-refractivity contribution in [3.63, 3.8) is 0 Å². The minimum Gasteiger partial charge on any atom is -0.496 e. The molecule has 1 aliphatic heterocycles. The number of carbonyl (C=O) groups is 4. The van der Waals surface area contributed by atoms with Crippen LogP contribution < -0.4 is 19.9 Å². The monoisotopic (exact) mass is 822 g/mol. The molecule has 0 atom stereocenters. The van der Waals surface area contributed by atoms with Crippen LogP contribution in [0, 0.1) is 0 Å². The van der Waals surface area contributed by atoms with Gasteiger partial charge in [-0.15, -0.1) is 0 Å². The zero-order valence-corrected chi connectivity index (χ0v) is 28.0. The molecule has 286 valence electrons. The van der Waals surface area contributed by atoms with E-state index in [1.165, 1.54) is 5.69 Å². The van der Waals surface area contributed by atoms with Crippen molar-refractivity contribution in [2.45, 2.75) is 25.1 Å². The molecule has 2 aromatic carbocycles. The number of hydrogen-bond acceptors (Lipinski definition) is 8. The molecule has 0 spiro atoms. The van der Waals surface area contributed by atoms with Gasteiger partial charge in [-0.25, -0.2) is 14.4 Å². The van der Waals surface area contributed by atoms with Gasteiger partial charge in [-0.1, -0.05) is 34.1 Å². The summed E-state index contributed by atoms with van der Waals surface area (Å²) in [7, 11) is 1.63. The summed E-state index contributed by atoms with van der Waals surface area (Å²) in [4.78, 5) is 48.3. The van der Waals surface area contributed by atoms with Crippen LogP contribution in [0.15, 0.2) is 71.5 Å². The van der Waals surface area contributed by atoms with E-state index in [9.17, 15) is 44.3 Å². The average molecular weight is 823 g/mol. The molecule has 0 radical (unpaired) electrons. The van der Waals surface area contributed by atoms with Crippen molar-refractivity contribution >= 4 is 51.1 Å². The van der Waals surface area contributed by atoms with Crippen molar-refractivity contribution in [3.05, 3.63) is 82.6 Å². The number of pyridine rings is 1. The van der Waals surface area contributed by atoms with Crippen molar-refractivity contribution in [2.24, 2.45) is 0 Å². The smallest absolute Gasteiger partial charge is 0.490 e. The van der Waals surface area contributed by atoms with Crippen LogP contribution >= 0.6 is 15.9 Å². The minimum absolute atomic E-state index is 0.108. The van der Waals surface area contributed by atoms with Crippen LogP contribution in [-0.2, 0) is 20.9 Å². The summed E-state index contributed by atoms with van der Waals surface area (Å²) in [6.45, 7) is 4.04. The number of nitrogens with zero attached hydrogens (tertiary/aromatic N) is 3. The highest BCUT2D eigenvalue weighted by Crippen LogP contribution is 2.26. The first-order chi connectivity index (χ1) is 24.0. The molecule has 0 aliphatic carbocycles. The molecule has 0 bridgehead atoms. The third-order valence-electron chi connectivity index (χ3n) is 6.18. The molecule has 22 heteroatoms. The van der Waals surface area contributed by atoms with E-state index in [0.717, 1.165) is 47.7 Å². The zero-order valence-electron chi connectivity index (χ0n) is 26.4. The Morgan fingerprint density at radius 3 is 1.58 bits per heavy atom. The predicted molar refractivity (Wildman–Crippen MR) is 168 cm³/mol. The normalized spacial score (nSPS) is 12.8. The highest BCUT2D eigenvalue weighted by Gasteiger charge is 2.39. The number of amides is 1. The van der Waals surface area contributed by atoms with Gasteiger partial charge in [0.1, 0.15) is 5.75 Å². The summed E-state index contributed by atoms with van der Waals surface area (Å²) in [5.74, 6) is -7.61. The molecule has 1 saturated heterocycles. The molecule has 0 saturated carbocycles. The summed E-state index contributed by atoms with van der Waals surface area (Å²) in [5.41, 5.74) is 3.82. The lowest BCUT2D eigenvalue weighted by Gasteiger charge is -2.37. The fourth-order valence-corrected chi connectivity index (χ4v) is 4.27. The lowest BCUT2D eigenvalue weighted by molar-refractivity contribution is -0.193. The number of aromatic nitrogens is 1. The Bertz CT molecular complexity index is 1580. The second-order valence-electron chi connectivity index (χ2n) is 9.78. The number of aliphatic carboxylic acids is 3. The number of rotatable bonds is 6. The van der Waals surface area contributed by atoms with Gasteiger partial charge in [0.2, 0.25) is 0 Å². The standard InChI is InChI=1S/C24H25BrN4O2.3C2HF3O2/c1-31-23-5-3-2-4-18(23)17-27-24(30)19-14-20(25)16-22(15-19)29-12-10-28(11-13-29)21-6-8-26-9-7-21;3*3-2(4,5)1(6)7/h2-9,14-16H,10-13,17H2,1H3,(H,27,30);3*(H,6,7). The van der Waals surface area contributed by atoms with Crippen molar-refractivity contribution in [1.29, 1.82) is 0 Å². The quantitative estimate of drug-likeness (QED) is 0.215. The van der Waals surface area contributed by atoms with Gasteiger partial charge in [-0.2, -0.15) is 39.5 Å². The van der Waals surface area contributed by atoms with Gasteiger partial charge in [-0.05, 0) is 36.4 Å². The molecule has 4 rings (SSSR count). The van der Waals surface area contributed by atoms with Gasteiger partial charge < -0.3 is 35.2 Å². The lowest BCUT2D eigenvalue weighted by atomic mass is 10.1. The molecule has 1 aromatic heterocycles. The van der Waals surface area contributed by atoms with Crippen LogP contribution in [-0.4, -0.2) is 95.9 Å². The molecular formula is C30H28BrF9N4O8. The number of carboxylic acid groups (broad SMARTS) is 3. The fourth-order valence-electron chi connectivity index (χ4n) is 3.79. The van der Waals surface area contributed by atoms with E-state index in [1.807, 2.05) is 60.9 Å². The Hall–Kier alpha value is -5.28. The summed E-state index contributed by atoms with van der Waals surface area (Å²) in [6, 6.07) is 17.7. The molecule has 0 unspecified atom stereocenters. The van der Waals surface area contributed by atoms with Crippen LogP contribution in [0.1, 0.15) is 15.9 Å². The molecule has 3 aromatic rings. The largest absolute Gasteiger partial charge is 0.496 e. The van der Waals surface area contributed by atoms with Crippen LogP contribution in [0.25, 0.3) is 0 Å². The summed E-state index contributed by atoms with van der Waals surface area (Å²) < 4.78 is 101. The molecule has 4 N–H and O–H groups in total. The van der Waals surface area contributed by atoms with Crippen LogP contribution in [0.4, 0.5) is 50.9 Å². The SMILES string of the molecule is COc1ccccc1CNC(=O)c1cc(Br)cc(N2CCN(c3ccncc3)CC2)c1.O=C(O)C(F)(F)F.O=C(O)C(F)(F)F.O=C(O)C(F)(F)F. The highest BCUT2D eigenvalue weighted by atomic mass is 79.9. The van der Waals surface area contributed by atoms with E-state index < -0.39 is 36.4 Å². The number of halogens is 10. The molecule has 1 aliphatic rings. The van der Waals surface area contributed by atoms with Crippen molar-refractivity contribution in [1.82, 2.24) is 10.3 Å². The second kappa shape index (κ2) is 19.9. The Labute approximate surface area is 296 Å². The number of methoxy groups -OCH3 is 1. The number of nitrogens with one attached hydrogen (secondary N) is 1. The zero-order chi connectivity index (χ0) is 39.9. The topological polar surface area (TPSA) is 170 Å². The fraction of sp³-hybridized carbons (Fsp3) is 0.300. The third-order valence-corrected chi connectivity index (χ3v) is 6.63. The summed E-state index contributed by atoms with van der Waals surface area (Å²) in [5, 5.41) is 24.4. The van der Waals surface area contributed by atoms with Crippen LogP contribution in [0.5, 0.6) is 5.75 Å². The molecule has 2 heterocycles. The van der Waals surface area contributed by atoms with E-state index in [-0.39, 0.29) is 5.91 Å². The number of alkyl halides is 9. The maximum absolute atomic E-state index is 12.8. The number of piperazine rings is 1. The van der Waals surface area contributed by atoms with Gasteiger partial charge >= 0.3 is 36.4 Å². The maximum atomic E-state index is 12.8. The molecule has 52 heavy (non-hydrogen) atoms. The number of carboxylic acids is 3. The van der Waals surface area contributed by atoms with Gasteiger partial charge in [0.25, 0.3) is 5.91 Å². The van der Waals surface area contributed by atoms with E-state index in [0.29, 0.717) is 12.1 Å². The second-order valence-corrected chi connectivity index (χ2v) is 10.7. The van der Waals surface area contributed by atoms with Gasteiger partial charge in [0.15, 0.2) is 0 Å². The number of benzene rings is 2. The van der Waals surface area contributed by atoms with Crippen LogP contribution in [0.2, 0.25) is 0 Å². The Kier molecular flexibility index (Phi) is 17.2. The summed E-state index contributed by atoms with van der Waals surface area (Å²) in [6.07, 6.45) is -11.6. The average Bonchev–Trinajstić information content (AvgIpc) is 3.07. The Morgan fingerprint density at radius 2 is 1.15 bits per heavy atom. The Balaban J connectivity index is 0.000000525. The Morgan fingerprint density at radius 1 is 0.731 bits per heavy atom. The van der Waals surface area contributed by atoms with E-state index in [2.05, 4.69) is 42.1 Å². The molecule has 1 amide bonds.